The van der Waals surface area contributed by atoms with Gasteiger partial charge in [-0.25, -0.2) is 9.97 Å². The van der Waals surface area contributed by atoms with E-state index in [1.54, 1.807) is 12.1 Å². The highest BCUT2D eigenvalue weighted by Gasteiger charge is 2.23. The Labute approximate surface area is 132 Å². The Bertz CT molecular complexity index is 618. The van der Waals surface area contributed by atoms with Crippen molar-refractivity contribution >= 4 is 28.4 Å². The van der Waals surface area contributed by atoms with Gasteiger partial charge >= 0.3 is 0 Å². The van der Waals surface area contributed by atoms with E-state index >= 15 is 0 Å². The van der Waals surface area contributed by atoms with E-state index in [0.29, 0.717) is 5.82 Å². The smallest absolute Gasteiger partial charge is 0.161 e. The fraction of sp³-hybridized carbons (Fsp3) is 0.333. The minimum absolute atomic E-state index is 0.0588. The maximum atomic E-state index is 9.38. The average molecular weight is 383 g/mol. The number of benzene rings is 1. The molecule has 1 heterocycles. The topological polar surface area (TPSA) is 58.0 Å². The van der Waals surface area contributed by atoms with Crippen molar-refractivity contribution in [3.05, 3.63) is 33.5 Å². The second kappa shape index (κ2) is 5.55. The molecule has 0 saturated heterocycles. The largest absolute Gasteiger partial charge is 0.508 e. The first-order valence-corrected chi connectivity index (χ1v) is 7.46. The van der Waals surface area contributed by atoms with Gasteiger partial charge in [0.15, 0.2) is 5.82 Å². The molecule has 2 rings (SSSR count). The molecule has 0 aliphatic carbocycles. The monoisotopic (exact) mass is 383 g/mol. The summed E-state index contributed by atoms with van der Waals surface area (Å²) in [5.74, 6) is 1.73. The summed E-state index contributed by atoms with van der Waals surface area (Å²) in [6, 6.07) is 6.94. The van der Waals surface area contributed by atoms with E-state index in [2.05, 4.69) is 53.7 Å². The van der Waals surface area contributed by atoms with Crippen LogP contribution in [0.4, 0.5) is 5.82 Å². The summed E-state index contributed by atoms with van der Waals surface area (Å²) in [7, 11) is 1.86. The summed E-state index contributed by atoms with van der Waals surface area (Å²) >= 11 is 2.28. The van der Waals surface area contributed by atoms with Crippen molar-refractivity contribution in [2.75, 3.05) is 12.4 Å². The van der Waals surface area contributed by atoms with Gasteiger partial charge in [0.05, 0.1) is 9.26 Å². The minimum Gasteiger partial charge on any atom is -0.508 e. The first kappa shape index (κ1) is 15.0. The fourth-order valence-electron chi connectivity index (χ4n) is 1.85. The van der Waals surface area contributed by atoms with Gasteiger partial charge in [-0.3, -0.25) is 0 Å². The molecule has 0 aliphatic heterocycles. The van der Waals surface area contributed by atoms with Gasteiger partial charge in [-0.05, 0) is 46.9 Å². The third-order valence-electron chi connectivity index (χ3n) is 2.92. The molecule has 2 N–H and O–H groups in total. The van der Waals surface area contributed by atoms with Crippen LogP contribution in [0, 0.1) is 3.57 Å². The zero-order chi connectivity index (χ0) is 14.9. The molecule has 0 aliphatic rings. The number of rotatable bonds is 2. The Morgan fingerprint density at radius 2 is 1.70 bits per heavy atom. The summed E-state index contributed by atoms with van der Waals surface area (Å²) in [6.45, 7) is 6.41. The third-order valence-corrected chi connectivity index (χ3v) is 3.95. The Morgan fingerprint density at radius 3 is 2.20 bits per heavy atom. The predicted octanol–water partition coefficient (Wildman–Crippen LogP) is 3.79. The lowest BCUT2D eigenvalue weighted by molar-refractivity contribution is 0.475. The van der Waals surface area contributed by atoms with Gasteiger partial charge in [-0.1, -0.05) is 20.8 Å². The van der Waals surface area contributed by atoms with E-state index in [0.717, 1.165) is 20.6 Å². The number of phenolic OH excluding ortho intramolecular Hbond substituents is 1. The highest BCUT2D eigenvalue weighted by Crippen LogP contribution is 2.31. The van der Waals surface area contributed by atoms with E-state index in [-0.39, 0.29) is 11.2 Å². The zero-order valence-corrected chi connectivity index (χ0v) is 14.2. The van der Waals surface area contributed by atoms with Gasteiger partial charge in [-0.15, -0.1) is 0 Å². The summed E-state index contributed by atoms with van der Waals surface area (Å²) < 4.78 is 1.04. The number of hydrogen-bond donors (Lipinski definition) is 2. The molecule has 106 valence electrons. The van der Waals surface area contributed by atoms with Crippen LogP contribution in [0.25, 0.3) is 11.4 Å². The molecule has 0 unspecified atom stereocenters. The van der Waals surface area contributed by atoms with Crippen LogP contribution < -0.4 is 5.32 Å². The van der Waals surface area contributed by atoms with Crippen LogP contribution in [0.3, 0.4) is 0 Å². The number of hydrogen-bond acceptors (Lipinski definition) is 4. The van der Waals surface area contributed by atoms with Crippen molar-refractivity contribution in [3.63, 3.8) is 0 Å². The van der Waals surface area contributed by atoms with Crippen molar-refractivity contribution < 1.29 is 5.11 Å². The number of aromatic hydroxyl groups is 1. The van der Waals surface area contributed by atoms with Crippen LogP contribution in [0.2, 0.25) is 0 Å². The molecule has 1 aromatic heterocycles. The van der Waals surface area contributed by atoms with Crippen molar-refractivity contribution in [2.45, 2.75) is 26.2 Å². The molecular weight excluding hydrogens is 365 g/mol. The molecular formula is C15H18IN3O. The Morgan fingerprint density at radius 1 is 1.10 bits per heavy atom. The van der Waals surface area contributed by atoms with E-state index in [4.69, 9.17) is 4.98 Å². The highest BCUT2D eigenvalue weighted by molar-refractivity contribution is 14.1. The number of halogens is 1. The standard InChI is InChI=1S/C15H18IN3O/c1-15(2,3)12-11(16)14(17-4)19-13(18-12)9-5-7-10(20)8-6-9/h5-8,20H,1-4H3,(H,17,18,19). The molecule has 0 amide bonds. The summed E-state index contributed by atoms with van der Waals surface area (Å²) in [4.78, 5) is 9.27. The Balaban J connectivity index is 2.63. The van der Waals surface area contributed by atoms with Gasteiger partial charge in [0.1, 0.15) is 11.6 Å². The number of nitrogens with one attached hydrogen (secondary N) is 1. The second-order valence-electron chi connectivity index (χ2n) is 5.61. The summed E-state index contributed by atoms with van der Waals surface area (Å²) in [5, 5.41) is 12.5. The normalized spacial score (nSPS) is 11.4. The van der Waals surface area contributed by atoms with Crippen LogP contribution in [0.5, 0.6) is 5.75 Å². The molecule has 0 atom stereocenters. The fourth-order valence-corrected chi connectivity index (χ4v) is 3.17. The Kier molecular flexibility index (Phi) is 4.17. The minimum atomic E-state index is -0.0588. The zero-order valence-electron chi connectivity index (χ0n) is 12.0. The number of phenols is 1. The molecule has 2 aromatic rings. The van der Waals surface area contributed by atoms with E-state index in [9.17, 15) is 5.11 Å². The highest BCUT2D eigenvalue weighted by atomic mass is 127. The molecule has 20 heavy (non-hydrogen) atoms. The molecule has 0 spiro atoms. The number of anilines is 1. The van der Waals surface area contributed by atoms with E-state index in [1.165, 1.54) is 0 Å². The lowest BCUT2D eigenvalue weighted by Crippen LogP contribution is -2.18. The molecule has 0 radical (unpaired) electrons. The number of aromatic nitrogens is 2. The van der Waals surface area contributed by atoms with Crippen LogP contribution >= 0.6 is 22.6 Å². The van der Waals surface area contributed by atoms with Crippen molar-refractivity contribution in [1.29, 1.82) is 0 Å². The average Bonchev–Trinajstić information content (AvgIpc) is 2.38. The van der Waals surface area contributed by atoms with E-state index in [1.807, 2.05) is 19.2 Å². The predicted molar refractivity (Wildman–Crippen MR) is 90.1 cm³/mol. The lowest BCUT2D eigenvalue weighted by atomic mass is 9.91. The van der Waals surface area contributed by atoms with Crippen molar-refractivity contribution in [1.82, 2.24) is 9.97 Å². The van der Waals surface area contributed by atoms with Gasteiger partial charge in [0.25, 0.3) is 0 Å². The van der Waals surface area contributed by atoms with Crippen LogP contribution in [-0.2, 0) is 5.41 Å². The van der Waals surface area contributed by atoms with Crippen LogP contribution in [0.1, 0.15) is 26.5 Å². The SMILES string of the molecule is CNc1nc(-c2ccc(O)cc2)nc(C(C)(C)C)c1I. The molecule has 4 nitrogen and oxygen atoms in total. The maximum absolute atomic E-state index is 9.38. The summed E-state index contributed by atoms with van der Waals surface area (Å²) in [6.07, 6.45) is 0. The number of nitrogens with zero attached hydrogens (tertiary/aromatic N) is 2. The molecule has 1 aromatic carbocycles. The molecule has 5 heteroatoms. The maximum Gasteiger partial charge on any atom is 0.161 e. The van der Waals surface area contributed by atoms with Gasteiger partial charge in [0.2, 0.25) is 0 Å². The quantitative estimate of drug-likeness (QED) is 0.775. The Hall–Kier alpha value is -1.37. The van der Waals surface area contributed by atoms with Gasteiger partial charge in [0, 0.05) is 18.0 Å². The van der Waals surface area contributed by atoms with Crippen molar-refractivity contribution in [2.24, 2.45) is 0 Å². The molecule has 0 fully saturated rings. The van der Waals surface area contributed by atoms with Gasteiger partial charge in [-0.2, -0.15) is 0 Å². The second-order valence-corrected chi connectivity index (χ2v) is 6.68. The molecule has 0 bridgehead atoms. The van der Waals surface area contributed by atoms with Gasteiger partial charge < -0.3 is 10.4 Å². The third kappa shape index (κ3) is 3.03. The summed E-state index contributed by atoms with van der Waals surface area (Å²) in [5.41, 5.74) is 1.85. The first-order valence-electron chi connectivity index (χ1n) is 6.38. The van der Waals surface area contributed by atoms with Crippen molar-refractivity contribution in [3.8, 4) is 17.1 Å². The van der Waals surface area contributed by atoms with Crippen LogP contribution in [-0.4, -0.2) is 22.1 Å². The lowest BCUT2D eigenvalue weighted by Gasteiger charge is -2.21. The molecule has 0 saturated carbocycles. The first-order chi connectivity index (χ1) is 9.32. The van der Waals surface area contributed by atoms with E-state index < -0.39 is 0 Å². The van der Waals surface area contributed by atoms with Crippen LogP contribution in [0.15, 0.2) is 24.3 Å².